The van der Waals surface area contributed by atoms with E-state index in [1.807, 2.05) is 11.3 Å². The van der Waals surface area contributed by atoms with Gasteiger partial charge in [0.25, 0.3) is 0 Å². The molecular weight excluding hydrogens is 250 g/mol. The molecule has 0 aliphatic heterocycles. The molecule has 0 radical (unpaired) electrons. The largest absolute Gasteiger partial charge is 0.317 e. The summed E-state index contributed by atoms with van der Waals surface area (Å²) in [6, 6.07) is 5.17. The van der Waals surface area contributed by atoms with Gasteiger partial charge in [0.2, 0.25) is 0 Å². The summed E-state index contributed by atoms with van der Waals surface area (Å²) in [5, 5.41) is 5.78. The molecule has 0 spiro atoms. The third-order valence-corrected chi connectivity index (χ3v) is 6.03. The second kappa shape index (κ2) is 7.44. The van der Waals surface area contributed by atoms with Crippen LogP contribution in [0.2, 0.25) is 0 Å². The first-order valence-corrected chi connectivity index (χ1v) is 8.78. The molecule has 2 rings (SSSR count). The highest BCUT2D eigenvalue weighted by molar-refractivity contribution is 7.09. The summed E-state index contributed by atoms with van der Waals surface area (Å²) in [6.07, 6.45) is 8.19. The van der Waals surface area contributed by atoms with Crippen molar-refractivity contribution < 1.29 is 0 Å². The number of thiophene rings is 1. The van der Waals surface area contributed by atoms with Crippen molar-refractivity contribution in [3.8, 4) is 0 Å². The van der Waals surface area contributed by atoms with Gasteiger partial charge in [-0.15, -0.1) is 11.3 Å². The Morgan fingerprint density at radius 1 is 1.32 bits per heavy atom. The molecule has 1 fully saturated rings. The van der Waals surface area contributed by atoms with Crippen molar-refractivity contribution in [2.45, 2.75) is 58.4 Å². The lowest BCUT2D eigenvalue weighted by Gasteiger charge is -2.36. The zero-order chi connectivity index (χ0) is 13.7. The van der Waals surface area contributed by atoms with Gasteiger partial charge in [-0.25, -0.2) is 0 Å². The summed E-state index contributed by atoms with van der Waals surface area (Å²) >= 11 is 1.90. The monoisotopic (exact) mass is 279 g/mol. The summed E-state index contributed by atoms with van der Waals surface area (Å²) < 4.78 is 0. The van der Waals surface area contributed by atoms with Gasteiger partial charge in [-0.05, 0) is 68.4 Å². The highest BCUT2D eigenvalue weighted by Crippen LogP contribution is 2.36. The maximum absolute atomic E-state index is 3.59. The number of aryl methyl sites for hydroxylation is 1. The van der Waals surface area contributed by atoms with Gasteiger partial charge in [0.1, 0.15) is 0 Å². The van der Waals surface area contributed by atoms with Crippen LogP contribution in [0.15, 0.2) is 17.5 Å². The minimum atomic E-state index is 0.731. The molecule has 4 atom stereocenters. The molecule has 4 unspecified atom stereocenters. The van der Waals surface area contributed by atoms with Crippen molar-refractivity contribution in [3.63, 3.8) is 0 Å². The summed E-state index contributed by atoms with van der Waals surface area (Å²) in [4.78, 5) is 1.54. The predicted octanol–water partition coefficient (Wildman–Crippen LogP) is 4.73. The third-order valence-electron chi connectivity index (χ3n) is 5.10. The molecule has 0 amide bonds. The minimum absolute atomic E-state index is 0.731. The van der Waals surface area contributed by atoms with Crippen LogP contribution in [-0.4, -0.2) is 13.1 Å². The molecule has 1 aliphatic carbocycles. The molecule has 1 nitrogen and oxygen atoms in total. The Morgan fingerprint density at radius 3 is 2.79 bits per heavy atom. The van der Waals surface area contributed by atoms with Gasteiger partial charge in [-0.3, -0.25) is 0 Å². The molecule has 1 aliphatic rings. The van der Waals surface area contributed by atoms with Crippen molar-refractivity contribution in [1.29, 1.82) is 0 Å². The van der Waals surface area contributed by atoms with Crippen LogP contribution >= 0.6 is 11.3 Å². The Bertz CT molecular complexity index is 346. The Labute approximate surface area is 122 Å². The van der Waals surface area contributed by atoms with Crippen LogP contribution in [0.25, 0.3) is 0 Å². The van der Waals surface area contributed by atoms with Crippen LogP contribution in [-0.2, 0) is 6.42 Å². The normalized spacial score (nSPS) is 29.3. The molecule has 1 N–H and O–H groups in total. The minimum Gasteiger partial charge on any atom is -0.317 e. The van der Waals surface area contributed by atoms with Crippen LogP contribution in [0, 0.1) is 17.8 Å². The average molecular weight is 279 g/mol. The van der Waals surface area contributed by atoms with E-state index in [0.29, 0.717) is 0 Å². The van der Waals surface area contributed by atoms with Crippen molar-refractivity contribution in [2.24, 2.45) is 17.8 Å². The van der Waals surface area contributed by atoms with Gasteiger partial charge in [0.15, 0.2) is 0 Å². The zero-order valence-electron chi connectivity index (χ0n) is 12.7. The molecular formula is C17H29NS. The third kappa shape index (κ3) is 4.32. The lowest BCUT2D eigenvalue weighted by molar-refractivity contribution is 0.169. The van der Waals surface area contributed by atoms with Crippen molar-refractivity contribution in [1.82, 2.24) is 5.32 Å². The summed E-state index contributed by atoms with van der Waals surface area (Å²) in [5.41, 5.74) is 0. The Morgan fingerprint density at radius 2 is 2.16 bits per heavy atom. The number of nitrogens with one attached hydrogen (secondary N) is 1. The quantitative estimate of drug-likeness (QED) is 0.793. The SMILES string of the molecule is CNC(CCCc1cccs1)C1CCC(C)C(C)C1. The molecule has 1 aromatic rings. The second-order valence-electron chi connectivity index (χ2n) is 6.39. The lowest BCUT2D eigenvalue weighted by Crippen LogP contribution is -2.37. The highest BCUT2D eigenvalue weighted by atomic mass is 32.1. The fourth-order valence-electron chi connectivity index (χ4n) is 3.52. The maximum atomic E-state index is 3.59. The summed E-state index contributed by atoms with van der Waals surface area (Å²) in [6.45, 7) is 4.86. The van der Waals surface area contributed by atoms with Gasteiger partial charge in [0.05, 0.1) is 0 Å². The Hall–Kier alpha value is -0.340. The second-order valence-corrected chi connectivity index (χ2v) is 7.43. The van der Waals surface area contributed by atoms with E-state index in [-0.39, 0.29) is 0 Å². The first-order valence-electron chi connectivity index (χ1n) is 7.90. The van der Waals surface area contributed by atoms with Crippen molar-refractivity contribution in [3.05, 3.63) is 22.4 Å². The zero-order valence-corrected chi connectivity index (χ0v) is 13.5. The maximum Gasteiger partial charge on any atom is 0.00925 e. The van der Waals surface area contributed by atoms with Crippen LogP contribution < -0.4 is 5.32 Å². The smallest absolute Gasteiger partial charge is 0.00925 e. The van der Waals surface area contributed by atoms with Crippen LogP contribution in [0.4, 0.5) is 0 Å². The molecule has 2 heteroatoms. The van der Waals surface area contributed by atoms with E-state index in [1.165, 1.54) is 38.5 Å². The molecule has 0 saturated heterocycles. The fraction of sp³-hybridized carbons (Fsp3) is 0.765. The molecule has 0 bridgehead atoms. The topological polar surface area (TPSA) is 12.0 Å². The molecule has 1 aromatic heterocycles. The Balaban J connectivity index is 1.76. The van der Waals surface area contributed by atoms with E-state index >= 15 is 0 Å². The number of hydrogen-bond acceptors (Lipinski definition) is 2. The average Bonchev–Trinajstić information content (AvgIpc) is 2.91. The van der Waals surface area contributed by atoms with Gasteiger partial charge in [0, 0.05) is 10.9 Å². The van der Waals surface area contributed by atoms with E-state index in [0.717, 1.165) is 23.8 Å². The first-order chi connectivity index (χ1) is 9.20. The van der Waals surface area contributed by atoms with E-state index in [4.69, 9.17) is 0 Å². The van der Waals surface area contributed by atoms with Crippen molar-refractivity contribution in [2.75, 3.05) is 7.05 Å². The number of hydrogen-bond donors (Lipinski definition) is 1. The van der Waals surface area contributed by atoms with Gasteiger partial charge >= 0.3 is 0 Å². The predicted molar refractivity (Wildman–Crippen MR) is 85.8 cm³/mol. The standard InChI is InChI=1S/C17H29NS/c1-13-9-10-15(12-14(13)2)17(18-3)8-4-6-16-7-5-11-19-16/h5,7,11,13-15,17-18H,4,6,8-10,12H2,1-3H3. The molecule has 1 heterocycles. The van der Waals surface area contributed by atoms with E-state index in [9.17, 15) is 0 Å². The number of rotatable bonds is 6. The van der Waals surface area contributed by atoms with Crippen molar-refractivity contribution >= 4 is 11.3 Å². The van der Waals surface area contributed by atoms with E-state index in [2.05, 4.69) is 43.7 Å². The van der Waals surface area contributed by atoms with E-state index in [1.54, 1.807) is 4.88 Å². The first kappa shape index (κ1) is 15.1. The lowest BCUT2D eigenvalue weighted by atomic mass is 9.72. The molecule has 19 heavy (non-hydrogen) atoms. The van der Waals surface area contributed by atoms with Crippen LogP contribution in [0.1, 0.15) is 50.8 Å². The molecule has 0 aromatic carbocycles. The summed E-state index contributed by atoms with van der Waals surface area (Å²) in [7, 11) is 2.15. The van der Waals surface area contributed by atoms with Crippen LogP contribution in [0.3, 0.4) is 0 Å². The van der Waals surface area contributed by atoms with Gasteiger partial charge < -0.3 is 5.32 Å². The summed E-state index contributed by atoms with van der Waals surface area (Å²) in [5.74, 6) is 2.74. The molecule has 1 saturated carbocycles. The van der Waals surface area contributed by atoms with Gasteiger partial charge in [-0.1, -0.05) is 26.3 Å². The van der Waals surface area contributed by atoms with Crippen LogP contribution in [0.5, 0.6) is 0 Å². The Kier molecular flexibility index (Phi) is 5.90. The fourth-order valence-corrected chi connectivity index (χ4v) is 4.27. The highest BCUT2D eigenvalue weighted by Gasteiger charge is 2.29. The van der Waals surface area contributed by atoms with E-state index < -0.39 is 0 Å². The molecule has 108 valence electrons. The van der Waals surface area contributed by atoms with Gasteiger partial charge in [-0.2, -0.15) is 0 Å².